The molecular weight excluding hydrogens is 234 g/mol. The standard InChI is InChI=1S/C11H12F2O2S/c1-3-16-11(2,10(14)15)7-4-5-8(12)9(13)6-7/h4-6H,3H2,1-2H3,(H,14,15). The molecule has 0 aliphatic carbocycles. The van der Waals surface area contributed by atoms with Gasteiger partial charge in [0.15, 0.2) is 11.6 Å². The Morgan fingerprint density at radius 3 is 2.50 bits per heavy atom. The molecule has 5 heteroatoms. The first kappa shape index (κ1) is 13.0. The van der Waals surface area contributed by atoms with E-state index in [0.29, 0.717) is 5.75 Å². The van der Waals surface area contributed by atoms with Crippen LogP contribution in [0.2, 0.25) is 0 Å². The Bertz CT molecular complexity index is 409. The number of carboxylic acid groups (broad SMARTS) is 1. The number of rotatable bonds is 4. The maximum absolute atomic E-state index is 13.0. The average molecular weight is 246 g/mol. The summed E-state index contributed by atoms with van der Waals surface area (Å²) < 4.78 is 24.5. The van der Waals surface area contributed by atoms with Crippen molar-refractivity contribution < 1.29 is 18.7 Å². The molecular formula is C11H12F2O2S. The van der Waals surface area contributed by atoms with Gasteiger partial charge in [-0.15, -0.1) is 11.8 Å². The topological polar surface area (TPSA) is 37.3 Å². The van der Waals surface area contributed by atoms with Gasteiger partial charge in [-0.3, -0.25) is 4.79 Å². The van der Waals surface area contributed by atoms with Gasteiger partial charge in [-0.05, 0) is 30.4 Å². The molecule has 0 spiro atoms. The molecule has 1 atom stereocenters. The molecule has 0 radical (unpaired) electrons. The Kier molecular flexibility index (Phi) is 3.91. The molecule has 0 saturated carbocycles. The molecule has 1 aromatic carbocycles. The van der Waals surface area contributed by atoms with Crippen molar-refractivity contribution in [3.05, 3.63) is 35.4 Å². The lowest BCUT2D eigenvalue weighted by Crippen LogP contribution is -2.29. The fourth-order valence-corrected chi connectivity index (χ4v) is 2.34. The van der Waals surface area contributed by atoms with Crippen LogP contribution in [-0.4, -0.2) is 16.8 Å². The van der Waals surface area contributed by atoms with Gasteiger partial charge < -0.3 is 5.11 Å². The minimum atomic E-state index is -1.25. The zero-order valence-corrected chi connectivity index (χ0v) is 9.78. The molecule has 88 valence electrons. The molecule has 16 heavy (non-hydrogen) atoms. The molecule has 0 aliphatic rings. The number of aliphatic carboxylic acids is 1. The molecule has 0 heterocycles. The molecule has 2 nitrogen and oxygen atoms in total. The summed E-state index contributed by atoms with van der Waals surface area (Å²) in [5.41, 5.74) is 0.255. The number of carboxylic acids is 1. The maximum Gasteiger partial charge on any atom is 0.324 e. The van der Waals surface area contributed by atoms with Crippen LogP contribution in [0.5, 0.6) is 0 Å². The van der Waals surface area contributed by atoms with Gasteiger partial charge in [0.2, 0.25) is 0 Å². The third-order valence-corrected chi connectivity index (χ3v) is 3.59. The van der Waals surface area contributed by atoms with E-state index in [1.54, 1.807) is 0 Å². The summed E-state index contributed by atoms with van der Waals surface area (Å²) >= 11 is 1.17. The lowest BCUT2D eigenvalue weighted by Gasteiger charge is -2.24. The smallest absolute Gasteiger partial charge is 0.324 e. The van der Waals surface area contributed by atoms with Crippen molar-refractivity contribution in [1.82, 2.24) is 0 Å². The van der Waals surface area contributed by atoms with Crippen LogP contribution in [0.3, 0.4) is 0 Å². The van der Waals surface area contributed by atoms with Crippen LogP contribution >= 0.6 is 11.8 Å². The Labute approximate surface area is 96.7 Å². The summed E-state index contributed by atoms with van der Waals surface area (Å²) in [5.74, 6) is -2.49. The van der Waals surface area contributed by atoms with Crippen LogP contribution in [-0.2, 0) is 9.54 Å². The molecule has 1 rings (SSSR count). The van der Waals surface area contributed by atoms with Crippen molar-refractivity contribution in [2.45, 2.75) is 18.6 Å². The summed E-state index contributed by atoms with van der Waals surface area (Å²) in [6.45, 7) is 3.29. The van der Waals surface area contributed by atoms with Crippen molar-refractivity contribution in [1.29, 1.82) is 0 Å². The molecule has 1 N–H and O–H groups in total. The van der Waals surface area contributed by atoms with Crippen LogP contribution < -0.4 is 0 Å². The molecule has 0 saturated heterocycles. The highest BCUT2D eigenvalue weighted by molar-refractivity contribution is 8.00. The van der Waals surface area contributed by atoms with Crippen LogP contribution in [0.4, 0.5) is 8.78 Å². The first-order valence-electron chi connectivity index (χ1n) is 4.74. The summed E-state index contributed by atoms with van der Waals surface area (Å²) in [6, 6.07) is 3.18. The van der Waals surface area contributed by atoms with E-state index in [-0.39, 0.29) is 5.56 Å². The second kappa shape index (κ2) is 4.82. The van der Waals surface area contributed by atoms with E-state index in [0.717, 1.165) is 12.1 Å². The number of benzene rings is 1. The average Bonchev–Trinajstić information content (AvgIpc) is 2.22. The van der Waals surface area contributed by atoms with Crippen LogP contribution in [0.25, 0.3) is 0 Å². The molecule has 1 unspecified atom stereocenters. The van der Waals surface area contributed by atoms with Gasteiger partial charge in [-0.25, -0.2) is 8.78 Å². The van der Waals surface area contributed by atoms with Crippen LogP contribution in [0, 0.1) is 11.6 Å². The minimum absolute atomic E-state index is 0.255. The van der Waals surface area contributed by atoms with Crippen molar-refractivity contribution in [3.8, 4) is 0 Å². The first-order valence-corrected chi connectivity index (χ1v) is 5.73. The van der Waals surface area contributed by atoms with Gasteiger partial charge in [0.05, 0.1) is 0 Å². The second-order valence-electron chi connectivity index (χ2n) is 3.40. The first-order chi connectivity index (χ1) is 7.41. The fourth-order valence-electron chi connectivity index (χ4n) is 1.35. The minimum Gasteiger partial charge on any atom is -0.480 e. The molecule has 0 aliphatic heterocycles. The van der Waals surface area contributed by atoms with Gasteiger partial charge in [-0.1, -0.05) is 13.0 Å². The molecule has 0 aromatic heterocycles. The summed E-state index contributed by atoms with van der Waals surface area (Å²) in [7, 11) is 0. The van der Waals surface area contributed by atoms with Gasteiger partial charge in [0, 0.05) is 0 Å². The summed E-state index contributed by atoms with van der Waals surface area (Å²) in [6.07, 6.45) is 0. The number of carbonyl (C=O) groups is 1. The highest BCUT2D eigenvalue weighted by Gasteiger charge is 2.35. The SMILES string of the molecule is CCSC(C)(C(=O)O)c1ccc(F)c(F)c1. The number of hydrogen-bond donors (Lipinski definition) is 1. The van der Waals surface area contributed by atoms with Gasteiger partial charge in [0.25, 0.3) is 0 Å². The van der Waals surface area contributed by atoms with E-state index in [1.165, 1.54) is 24.8 Å². The Balaban J connectivity index is 3.21. The predicted molar refractivity (Wildman–Crippen MR) is 59.5 cm³/mol. The molecule has 0 bridgehead atoms. The van der Waals surface area contributed by atoms with E-state index in [9.17, 15) is 13.6 Å². The second-order valence-corrected chi connectivity index (χ2v) is 5.08. The van der Waals surface area contributed by atoms with E-state index in [4.69, 9.17) is 5.11 Å². The highest BCUT2D eigenvalue weighted by atomic mass is 32.2. The number of halogens is 2. The monoisotopic (exact) mass is 246 g/mol. The number of thioether (sulfide) groups is 1. The van der Waals surface area contributed by atoms with Crippen molar-refractivity contribution >= 4 is 17.7 Å². The Morgan fingerprint density at radius 2 is 2.06 bits per heavy atom. The third kappa shape index (κ3) is 2.35. The summed E-state index contributed by atoms with van der Waals surface area (Å²) in [5, 5.41) is 9.14. The van der Waals surface area contributed by atoms with E-state index in [1.807, 2.05) is 6.92 Å². The van der Waals surface area contributed by atoms with Crippen molar-refractivity contribution in [2.75, 3.05) is 5.75 Å². The van der Waals surface area contributed by atoms with Crippen LogP contribution in [0.15, 0.2) is 18.2 Å². The van der Waals surface area contributed by atoms with Crippen LogP contribution in [0.1, 0.15) is 19.4 Å². The molecule has 1 aromatic rings. The van der Waals surface area contributed by atoms with E-state index >= 15 is 0 Å². The van der Waals surface area contributed by atoms with E-state index < -0.39 is 22.4 Å². The lowest BCUT2D eigenvalue weighted by molar-refractivity contribution is -0.139. The largest absolute Gasteiger partial charge is 0.480 e. The van der Waals surface area contributed by atoms with Crippen molar-refractivity contribution in [2.24, 2.45) is 0 Å². The van der Waals surface area contributed by atoms with Crippen molar-refractivity contribution in [3.63, 3.8) is 0 Å². The zero-order chi connectivity index (χ0) is 12.3. The highest BCUT2D eigenvalue weighted by Crippen LogP contribution is 2.36. The third-order valence-electron chi connectivity index (χ3n) is 2.31. The van der Waals surface area contributed by atoms with Gasteiger partial charge in [0.1, 0.15) is 4.75 Å². The molecule has 0 amide bonds. The Morgan fingerprint density at radius 1 is 1.44 bits per heavy atom. The quantitative estimate of drug-likeness (QED) is 0.887. The van der Waals surface area contributed by atoms with Gasteiger partial charge >= 0.3 is 5.97 Å². The lowest BCUT2D eigenvalue weighted by atomic mass is 10.0. The molecule has 0 fully saturated rings. The maximum atomic E-state index is 13.0. The summed E-state index contributed by atoms with van der Waals surface area (Å²) in [4.78, 5) is 11.2. The van der Waals surface area contributed by atoms with E-state index in [2.05, 4.69) is 0 Å². The number of hydrogen-bond acceptors (Lipinski definition) is 2. The predicted octanol–water partition coefficient (Wildman–Crippen LogP) is 3.02. The normalized spacial score (nSPS) is 14.5. The Hall–Kier alpha value is -1.10. The fraction of sp³-hybridized carbons (Fsp3) is 0.364. The zero-order valence-electron chi connectivity index (χ0n) is 8.96. The van der Waals surface area contributed by atoms with Gasteiger partial charge in [-0.2, -0.15) is 0 Å².